The van der Waals surface area contributed by atoms with Crippen molar-refractivity contribution in [2.24, 2.45) is 0 Å². The van der Waals surface area contributed by atoms with Crippen molar-refractivity contribution in [2.75, 3.05) is 0 Å². The third-order valence-corrected chi connectivity index (χ3v) is 2.98. The molecule has 19 heavy (non-hydrogen) atoms. The van der Waals surface area contributed by atoms with E-state index in [1.54, 1.807) is 0 Å². The van der Waals surface area contributed by atoms with Crippen molar-refractivity contribution < 1.29 is 13.4 Å². The summed E-state index contributed by atoms with van der Waals surface area (Å²) in [5.41, 5.74) is 3.95. The first-order valence-electron chi connectivity index (χ1n) is 5.87. The summed E-state index contributed by atoms with van der Waals surface area (Å²) in [5, 5.41) is 2.69. The van der Waals surface area contributed by atoms with Gasteiger partial charge in [0.15, 0.2) is 0 Å². The zero-order valence-electron chi connectivity index (χ0n) is 10.4. The summed E-state index contributed by atoms with van der Waals surface area (Å²) in [6.07, 6.45) is 0. The molecule has 0 amide bonds. The molecule has 3 rings (SSSR count). The van der Waals surface area contributed by atoms with Gasteiger partial charge in [-0.05, 0) is 5.56 Å². The number of fused-ring (bicyclic) bond motifs is 1. The van der Waals surface area contributed by atoms with E-state index in [0.29, 0.717) is 0 Å². The van der Waals surface area contributed by atoms with Crippen molar-refractivity contribution in [1.29, 1.82) is 0 Å². The minimum atomic E-state index is -0.181. The molecule has 0 heterocycles. The molecule has 0 aliphatic rings. The molecule has 0 aromatic heterocycles. The molecule has 0 saturated heterocycles. The Kier molecular flexibility index (Phi) is 5.43. The van der Waals surface area contributed by atoms with E-state index in [-0.39, 0.29) is 13.4 Å². The predicted molar refractivity (Wildman–Crippen MR) is 81.4 cm³/mol. The molecule has 0 spiro atoms. The summed E-state index contributed by atoms with van der Waals surface area (Å²) in [7, 11) is 9.65. The second-order valence-corrected chi connectivity index (χ2v) is 6.37. The second kappa shape index (κ2) is 7.08. The topological polar surface area (TPSA) is 0 Å². The summed E-state index contributed by atoms with van der Waals surface area (Å²) in [5.74, 6) is 0. The SMILES string of the molecule is Cc1cc2c(-c3ccccc3)cccc2[cH-]1.[Cl][Cr+][Cl]. The molecule has 0 nitrogen and oxygen atoms in total. The summed E-state index contributed by atoms with van der Waals surface area (Å²) in [4.78, 5) is 0. The molecule has 0 fully saturated rings. The maximum atomic E-state index is 4.83. The Balaban J connectivity index is 0.000000408. The van der Waals surface area contributed by atoms with Gasteiger partial charge in [-0.2, -0.15) is 6.07 Å². The molecule has 0 aliphatic heterocycles. The molecule has 0 radical (unpaired) electrons. The van der Waals surface area contributed by atoms with E-state index in [4.69, 9.17) is 20.1 Å². The van der Waals surface area contributed by atoms with Gasteiger partial charge in [0, 0.05) is 0 Å². The van der Waals surface area contributed by atoms with Gasteiger partial charge in [-0.1, -0.05) is 48.9 Å². The van der Waals surface area contributed by atoms with E-state index in [9.17, 15) is 0 Å². The Morgan fingerprint density at radius 2 is 1.63 bits per heavy atom. The van der Waals surface area contributed by atoms with Crippen LogP contribution in [0.25, 0.3) is 21.9 Å². The molecule has 3 heteroatoms. The van der Waals surface area contributed by atoms with Crippen molar-refractivity contribution in [3.8, 4) is 11.1 Å². The van der Waals surface area contributed by atoms with Gasteiger partial charge in [-0.25, -0.2) is 0 Å². The third kappa shape index (κ3) is 3.59. The first kappa shape index (κ1) is 14.6. The van der Waals surface area contributed by atoms with Crippen LogP contribution >= 0.6 is 20.1 Å². The van der Waals surface area contributed by atoms with E-state index in [2.05, 4.69) is 67.6 Å². The summed E-state index contributed by atoms with van der Waals surface area (Å²) >= 11 is -0.181. The van der Waals surface area contributed by atoms with Crippen molar-refractivity contribution in [3.05, 3.63) is 66.2 Å². The van der Waals surface area contributed by atoms with Gasteiger partial charge in [0.2, 0.25) is 0 Å². The molecule has 0 N–H and O–H groups in total. The van der Waals surface area contributed by atoms with Crippen LogP contribution in [0.15, 0.2) is 60.7 Å². The van der Waals surface area contributed by atoms with E-state index in [1.807, 2.05) is 0 Å². The third-order valence-electron chi connectivity index (χ3n) is 2.98. The molecule has 0 unspecified atom stereocenters. The van der Waals surface area contributed by atoms with Crippen LogP contribution in [-0.2, 0) is 13.4 Å². The summed E-state index contributed by atoms with van der Waals surface area (Å²) in [6.45, 7) is 2.15. The van der Waals surface area contributed by atoms with Crippen LogP contribution in [-0.4, -0.2) is 0 Å². The van der Waals surface area contributed by atoms with Crippen molar-refractivity contribution >= 4 is 30.9 Å². The van der Waals surface area contributed by atoms with E-state index >= 15 is 0 Å². The summed E-state index contributed by atoms with van der Waals surface area (Å²) < 4.78 is 0. The standard InChI is InChI=1S/C16H13.2ClH.Cr/c1-12-10-14-8-5-9-15(16(14)11-12)13-6-3-2-4-7-13;;;/h2-11H,1H3;2*1H;/q-1;;;+3/p-2. The Hall–Kier alpha value is -0.838. The monoisotopic (exact) mass is 327 g/mol. The van der Waals surface area contributed by atoms with Gasteiger partial charge in [0.05, 0.1) is 0 Å². The van der Waals surface area contributed by atoms with E-state index in [0.717, 1.165) is 0 Å². The van der Waals surface area contributed by atoms with Crippen LogP contribution in [0.4, 0.5) is 0 Å². The Labute approximate surface area is 128 Å². The first-order valence-corrected chi connectivity index (χ1v) is 9.38. The molecule has 0 atom stereocenters. The van der Waals surface area contributed by atoms with Gasteiger partial charge >= 0.3 is 33.5 Å². The van der Waals surface area contributed by atoms with E-state index in [1.165, 1.54) is 27.5 Å². The normalized spacial score (nSPS) is 9.84. The Morgan fingerprint density at radius 3 is 2.32 bits per heavy atom. The Morgan fingerprint density at radius 1 is 0.947 bits per heavy atom. The number of rotatable bonds is 1. The van der Waals surface area contributed by atoms with Crippen LogP contribution in [0.2, 0.25) is 0 Å². The van der Waals surface area contributed by atoms with Crippen molar-refractivity contribution in [1.82, 2.24) is 0 Å². The molecule has 0 saturated carbocycles. The molecule has 3 aromatic rings. The number of hydrogen-bond acceptors (Lipinski definition) is 0. The van der Waals surface area contributed by atoms with Gasteiger partial charge in [0.25, 0.3) is 0 Å². The van der Waals surface area contributed by atoms with Crippen molar-refractivity contribution in [2.45, 2.75) is 6.92 Å². The first-order chi connectivity index (χ1) is 9.26. The zero-order chi connectivity index (χ0) is 13.7. The average Bonchev–Trinajstić information content (AvgIpc) is 2.80. The van der Waals surface area contributed by atoms with Gasteiger partial charge in [-0.15, -0.1) is 34.5 Å². The van der Waals surface area contributed by atoms with Gasteiger partial charge < -0.3 is 0 Å². The fraction of sp³-hybridized carbons (Fsp3) is 0.0625. The second-order valence-electron chi connectivity index (χ2n) is 4.27. The van der Waals surface area contributed by atoms with Crippen molar-refractivity contribution in [3.63, 3.8) is 0 Å². The van der Waals surface area contributed by atoms with Crippen LogP contribution in [0.5, 0.6) is 0 Å². The van der Waals surface area contributed by atoms with Crippen LogP contribution < -0.4 is 0 Å². The molecule has 0 aliphatic carbocycles. The fourth-order valence-corrected chi connectivity index (χ4v) is 2.25. The Bertz CT molecular complexity index is 644. The van der Waals surface area contributed by atoms with Gasteiger partial charge in [0.1, 0.15) is 0 Å². The predicted octanol–water partition coefficient (Wildman–Crippen LogP) is 5.91. The van der Waals surface area contributed by atoms with Crippen LogP contribution in [0.1, 0.15) is 5.56 Å². The molecular formula is C16H13Cl2Cr. The molecule has 0 bridgehead atoms. The average molecular weight is 328 g/mol. The number of halogens is 2. The minimum absolute atomic E-state index is 0.181. The van der Waals surface area contributed by atoms with E-state index < -0.39 is 0 Å². The quantitative estimate of drug-likeness (QED) is 0.487. The van der Waals surface area contributed by atoms with Gasteiger partial charge in [-0.3, -0.25) is 0 Å². The zero-order valence-corrected chi connectivity index (χ0v) is 13.2. The number of benzene rings is 2. The molecular weight excluding hydrogens is 315 g/mol. The molecule has 97 valence electrons. The number of hydrogen-bond donors (Lipinski definition) is 0. The number of aryl methyl sites for hydroxylation is 1. The fourth-order valence-electron chi connectivity index (χ4n) is 2.25. The molecule has 3 aromatic carbocycles. The summed E-state index contributed by atoms with van der Waals surface area (Å²) in [6, 6.07) is 21.6. The van der Waals surface area contributed by atoms with Crippen LogP contribution in [0.3, 0.4) is 0 Å². The maximum absolute atomic E-state index is 4.83. The van der Waals surface area contributed by atoms with Crippen LogP contribution in [0, 0.1) is 6.92 Å².